The van der Waals surface area contributed by atoms with E-state index in [9.17, 15) is 0 Å². The van der Waals surface area contributed by atoms with Gasteiger partial charge in [-0.2, -0.15) is 4.98 Å². The molecule has 0 fully saturated rings. The zero-order valence-electron chi connectivity index (χ0n) is 22.8. The molecule has 4 nitrogen and oxygen atoms in total. The van der Waals surface area contributed by atoms with E-state index in [0.29, 0.717) is 9.54 Å². The normalized spacial score (nSPS) is 10.9. The number of hydrogen-bond donors (Lipinski definition) is 2. The van der Waals surface area contributed by atoms with Crippen molar-refractivity contribution in [2.75, 3.05) is 18.0 Å². The van der Waals surface area contributed by atoms with Crippen LogP contribution in [0.4, 0.5) is 5.95 Å². The summed E-state index contributed by atoms with van der Waals surface area (Å²) in [4.78, 5) is 13.0. The number of rotatable bonds is 23. The Bertz CT molecular complexity index is 625. The standard InChI is InChI=1S/C27H52N4S2.Na/c1-3-5-7-9-11-13-15-17-19-21-23-31(25-28-26(32)30-27(33)29-25)24-22-20-18-16-14-12-10-8-6-4-2;/h3-24H2,1-2H3,(H2,28,29,30,32,33);/q;+1. The van der Waals surface area contributed by atoms with Gasteiger partial charge in [-0.1, -0.05) is 129 Å². The third kappa shape index (κ3) is 19.4. The second-order valence-electron chi connectivity index (χ2n) is 9.67. The van der Waals surface area contributed by atoms with Crippen molar-refractivity contribution in [2.45, 2.75) is 142 Å². The molecule has 0 aliphatic rings. The number of anilines is 1. The van der Waals surface area contributed by atoms with E-state index >= 15 is 0 Å². The largest absolute Gasteiger partial charge is 1.00 e. The summed E-state index contributed by atoms with van der Waals surface area (Å²) in [7, 11) is 0. The average Bonchev–Trinajstić information content (AvgIpc) is 2.79. The van der Waals surface area contributed by atoms with Crippen molar-refractivity contribution < 1.29 is 29.6 Å². The fourth-order valence-electron chi connectivity index (χ4n) is 4.44. The van der Waals surface area contributed by atoms with Crippen molar-refractivity contribution in [3.05, 3.63) is 9.54 Å². The first-order valence-electron chi connectivity index (χ1n) is 14.1. The SMILES string of the molecule is CCCCCCCCCCCCN(CCCCCCCCCCCC)c1nc(=S)[nH]c(=S)[nH]1.[Na+]. The summed E-state index contributed by atoms with van der Waals surface area (Å²) in [5, 5.41) is 0. The summed E-state index contributed by atoms with van der Waals surface area (Å²) >= 11 is 10.6. The van der Waals surface area contributed by atoms with Gasteiger partial charge >= 0.3 is 29.6 Å². The van der Waals surface area contributed by atoms with Gasteiger partial charge in [-0.15, -0.1) is 0 Å². The molecule has 0 saturated heterocycles. The van der Waals surface area contributed by atoms with E-state index < -0.39 is 0 Å². The van der Waals surface area contributed by atoms with Crippen molar-refractivity contribution in [3.63, 3.8) is 0 Å². The summed E-state index contributed by atoms with van der Waals surface area (Å²) < 4.78 is 1.05. The van der Waals surface area contributed by atoms with Crippen LogP contribution in [0.25, 0.3) is 0 Å². The molecule has 2 N–H and O–H groups in total. The Hall–Kier alpha value is 0.250. The van der Waals surface area contributed by atoms with E-state index in [1.807, 2.05) is 0 Å². The molecule has 0 aliphatic carbocycles. The second-order valence-corrected chi connectivity index (χ2v) is 10.5. The predicted octanol–water partition coefficient (Wildman–Crippen LogP) is 6.85. The molecule has 0 saturated carbocycles. The molecule has 0 amide bonds. The molecule has 0 radical (unpaired) electrons. The Morgan fingerprint density at radius 3 is 1.26 bits per heavy atom. The molecule has 7 heteroatoms. The molecule has 1 heterocycles. The Morgan fingerprint density at radius 2 is 0.912 bits per heavy atom. The van der Waals surface area contributed by atoms with Gasteiger partial charge in [0.05, 0.1) is 0 Å². The van der Waals surface area contributed by atoms with E-state index in [4.69, 9.17) is 24.4 Å². The minimum absolute atomic E-state index is 0. The van der Waals surface area contributed by atoms with Gasteiger partial charge in [0.2, 0.25) is 10.7 Å². The summed E-state index contributed by atoms with van der Waals surface area (Å²) in [6.07, 6.45) is 27.2. The van der Waals surface area contributed by atoms with E-state index in [2.05, 4.69) is 33.7 Å². The van der Waals surface area contributed by atoms with E-state index in [1.54, 1.807) is 0 Å². The minimum Gasteiger partial charge on any atom is -0.342 e. The number of hydrogen-bond acceptors (Lipinski definition) is 4. The van der Waals surface area contributed by atoms with E-state index in [1.165, 1.54) is 128 Å². The Morgan fingerprint density at radius 1 is 0.559 bits per heavy atom. The summed E-state index contributed by atoms with van der Waals surface area (Å²) in [5.74, 6) is 0.843. The summed E-state index contributed by atoms with van der Waals surface area (Å²) in [6, 6.07) is 0. The van der Waals surface area contributed by atoms with Crippen LogP contribution < -0.4 is 34.5 Å². The molecule has 0 spiro atoms. The van der Waals surface area contributed by atoms with Gasteiger partial charge in [0.1, 0.15) is 0 Å². The number of nitrogens with one attached hydrogen (secondary N) is 2. The summed E-state index contributed by atoms with van der Waals surface area (Å²) in [5.41, 5.74) is 0. The molecule has 1 aromatic rings. The van der Waals surface area contributed by atoms with Crippen LogP contribution in [-0.4, -0.2) is 28.0 Å². The first-order valence-corrected chi connectivity index (χ1v) is 14.9. The van der Waals surface area contributed by atoms with Crippen LogP contribution in [0.2, 0.25) is 0 Å². The van der Waals surface area contributed by atoms with Crippen molar-refractivity contribution in [1.82, 2.24) is 15.0 Å². The molecule has 34 heavy (non-hydrogen) atoms. The molecule has 0 aliphatic heterocycles. The van der Waals surface area contributed by atoms with Gasteiger partial charge in [-0.25, -0.2) is 0 Å². The molecule has 0 unspecified atom stereocenters. The number of aromatic nitrogens is 3. The Labute approximate surface area is 243 Å². The number of nitrogens with zero attached hydrogens (tertiary/aromatic N) is 2. The first-order chi connectivity index (χ1) is 16.2. The van der Waals surface area contributed by atoms with E-state index in [-0.39, 0.29) is 29.6 Å². The van der Waals surface area contributed by atoms with Crippen LogP contribution in [0.1, 0.15) is 142 Å². The zero-order chi connectivity index (χ0) is 24.0. The quantitative estimate of drug-likeness (QED) is 0.0943. The fourth-order valence-corrected chi connectivity index (χ4v) is 4.88. The van der Waals surface area contributed by atoms with Gasteiger partial charge in [0.25, 0.3) is 0 Å². The molecule has 0 atom stereocenters. The maximum Gasteiger partial charge on any atom is 1.00 e. The third-order valence-corrected chi connectivity index (χ3v) is 6.91. The molecule has 0 bridgehead atoms. The molecular weight excluding hydrogens is 467 g/mol. The molecular formula is C27H52N4NaS2+. The number of H-pyrrole nitrogens is 2. The van der Waals surface area contributed by atoms with Gasteiger partial charge in [0.15, 0.2) is 4.77 Å². The molecule has 192 valence electrons. The van der Waals surface area contributed by atoms with Crippen LogP contribution in [0, 0.1) is 9.54 Å². The smallest absolute Gasteiger partial charge is 0.342 e. The van der Waals surface area contributed by atoms with E-state index in [0.717, 1.165) is 19.0 Å². The van der Waals surface area contributed by atoms with Crippen molar-refractivity contribution in [3.8, 4) is 0 Å². The molecule has 0 aromatic carbocycles. The monoisotopic (exact) mass is 519 g/mol. The number of aromatic amines is 2. The second kappa shape index (κ2) is 24.9. The van der Waals surface area contributed by atoms with Crippen LogP contribution in [0.3, 0.4) is 0 Å². The topological polar surface area (TPSA) is 47.7 Å². The third-order valence-electron chi connectivity index (χ3n) is 6.52. The van der Waals surface area contributed by atoms with Gasteiger partial charge < -0.3 is 14.9 Å². The number of unbranched alkanes of at least 4 members (excludes halogenated alkanes) is 18. The summed E-state index contributed by atoms with van der Waals surface area (Å²) in [6.45, 7) is 6.63. The van der Waals surface area contributed by atoms with Gasteiger partial charge in [-0.3, -0.25) is 0 Å². The Balaban J connectivity index is 0.0000109. The Kier molecular flexibility index (Phi) is 25.1. The molecule has 1 rings (SSSR count). The van der Waals surface area contributed by atoms with Gasteiger partial charge in [-0.05, 0) is 37.3 Å². The van der Waals surface area contributed by atoms with Crippen molar-refractivity contribution in [2.24, 2.45) is 0 Å². The van der Waals surface area contributed by atoms with Crippen molar-refractivity contribution in [1.29, 1.82) is 0 Å². The zero-order valence-corrected chi connectivity index (χ0v) is 26.4. The predicted molar refractivity (Wildman–Crippen MR) is 151 cm³/mol. The fraction of sp³-hybridized carbons (Fsp3) is 0.889. The average molecular weight is 520 g/mol. The molecule has 1 aromatic heterocycles. The van der Waals surface area contributed by atoms with Crippen LogP contribution in [0.5, 0.6) is 0 Å². The van der Waals surface area contributed by atoms with Gasteiger partial charge in [0, 0.05) is 13.1 Å². The maximum atomic E-state index is 5.30. The maximum absolute atomic E-state index is 5.30. The van der Waals surface area contributed by atoms with Crippen molar-refractivity contribution >= 4 is 30.4 Å². The first kappa shape index (κ1) is 34.2. The minimum atomic E-state index is 0. The van der Waals surface area contributed by atoms with Crippen LogP contribution >= 0.6 is 24.4 Å². The van der Waals surface area contributed by atoms with Crippen LogP contribution in [0.15, 0.2) is 0 Å². The van der Waals surface area contributed by atoms with Crippen LogP contribution in [-0.2, 0) is 0 Å².